The summed E-state index contributed by atoms with van der Waals surface area (Å²) in [6.07, 6.45) is 3.42. The van der Waals surface area contributed by atoms with Crippen LogP contribution < -0.4 is 15.8 Å². The fourth-order valence-electron chi connectivity index (χ4n) is 2.24. The molecule has 1 fully saturated rings. The molecule has 1 atom stereocenters. The van der Waals surface area contributed by atoms with Crippen LogP contribution in [0.25, 0.3) is 6.08 Å². The predicted molar refractivity (Wildman–Crippen MR) is 86.7 cm³/mol. The summed E-state index contributed by atoms with van der Waals surface area (Å²) < 4.78 is 10.6. The van der Waals surface area contributed by atoms with Gasteiger partial charge in [-0.05, 0) is 36.6 Å². The number of carbonyl (C=O) groups is 2. The van der Waals surface area contributed by atoms with Gasteiger partial charge in [-0.2, -0.15) is 5.26 Å². The SMILES string of the molecule is N#C/C(=C\c1ccc(OCC(N)=O)cc1)C(=O)NC[C@H]1CCCO1. The summed E-state index contributed by atoms with van der Waals surface area (Å²) >= 11 is 0. The molecule has 1 heterocycles. The maximum atomic E-state index is 12.0. The first-order valence-corrected chi connectivity index (χ1v) is 7.61. The number of hydrogen-bond donors (Lipinski definition) is 2. The van der Waals surface area contributed by atoms with Gasteiger partial charge in [-0.3, -0.25) is 9.59 Å². The molecule has 1 aromatic rings. The van der Waals surface area contributed by atoms with Crippen LogP contribution in [0.3, 0.4) is 0 Å². The second kappa shape index (κ2) is 8.70. The van der Waals surface area contributed by atoms with Gasteiger partial charge in [-0.1, -0.05) is 12.1 Å². The first kappa shape index (κ1) is 17.5. The molecule has 0 unspecified atom stereocenters. The number of carbonyl (C=O) groups excluding carboxylic acids is 2. The predicted octanol–water partition coefficient (Wildman–Crippen LogP) is 0.753. The molecule has 0 radical (unpaired) electrons. The molecule has 1 saturated heterocycles. The second-order valence-corrected chi connectivity index (χ2v) is 5.34. The molecule has 7 nitrogen and oxygen atoms in total. The van der Waals surface area contributed by atoms with Gasteiger partial charge in [-0.25, -0.2) is 0 Å². The third-order valence-electron chi connectivity index (χ3n) is 3.45. The molecule has 24 heavy (non-hydrogen) atoms. The number of ether oxygens (including phenoxy) is 2. The molecule has 0 aromatic heterocycles. The highest BCUT2D eigenvalue weighted by atomic mass is 16.5. The Kier molecular flexibility index (Phi) is 6.34. The van der Waals surface area contributed by atoms with Crippen molar-refractivity contribution in [1.82, 2.24) is 5.32 Å². The summed E-state index contributed by atoms with van der Waals surface area (Å²) in [4.78, 5) is 22.7. The van der Waals surface area contributed by atoms with Crippen molar-refractivity contribution < 1.29 is 19.1 Å². The molecule has 0 bridgehead atoms. The molecule has 2 amide bonds. The average molecular weight is 329 g/mol. The van der Waals surface area contributed by atoms with E-state index in [1.54, 1.807) is 24.3 Å². The van der Waals surface area contributed by atoms with Crippen LogP contribution in [0.5, 0.6) is 5.75 Å². The number of rotatable bonds is 7. The molecular formula is C17H19N3O4. The lowest BCUT2D eigenvalue weighted by Crippen LogP contribution is -2.32. The Bertz CT molecular complexity index is 655. The average Bonchev–Trinajstić information content (AvgIpc) is 3.10. The van der Waals surface area contributed by atoms with Crippen molar-refractivity contribution in [3.63, 3.8) is 0 Å². The minimum absolute atomic E-state index is 0.0128. The summed E-state index contributed by atoms with van der Waals surface area (Å²) in [5.41, 5.74) is 5.68. The van der Waals surface area contributed by atoms with Crippen LogP contribution in [-0.4, -0.2) is 37.7 Å². The van der Waals surface area contributed by atoms with Crippen LogP contribution in [0.2, 0.25) is 0 Å². The third kappa shape index (κ3) is 5.41. The Labute approximate surface area is 140 Å². The maximum absolute atomic E-state index is 12.0. The van der Waals surface area contributed by atoms with Crippen LogP contribution in [0, 0.1) is 11.3 Å². The van der Waals surface area contributed by atoms with Crippen LogP contribution in [0.4, 0.5) is 0 Å². The Morgan fingerprint density at radius 3 is 2.75 bits per heavy atom. The smallest absolute Gasteiger partial charge is 0.262 e. The summed E-state index contributed by atoms with van der Waals surface area (Å²) in [5.74, 6) is -0.511. The molecular weight excluding hydrogens is 310 g/mol. The first-order valence-electron chi connectivity index (χ1n) is 7.61. The van der Waals surface area contributed by atoms with Gasteiger partial charge < -0.3 is 20.5 Å². The van der Waals surface area contributed by atoms with Crippen LogP contribution in [0.15, 0.2) is 29.8 Å². The molecule has 1 aliphatic heterocycles. The van der Waals surface area contributed by atoms with Gasteiger partial charge in [0.1, 0.15) is 17.4 Å². The summed E-state index contributed by atoms with van der Waals surface area (Å²) in [6, 6.07) is 8.53. The van der Waals surface area contributed by atoms with Gasteiger partial charge >= 0.3 is 0 Å². The van der Waals surface area contributed by atoms with Crippen molar-refractivity contribution in [2.75, 3.05) is 19.8 Å². The van der Waals surface area contributed by atoms with Crippen molar-refractivity contribution in [2.45, 2.75) is 18.9 Å². The number of nitriles is 1. The molecule has 1 aromatic carbocycles. The lowest BCUT2D eigenvalue weighted by molar-refractivity contribution is -0.120. The molecule has 1 aliphatic rings. The zero-order valence-electron chi connectivity index (χ0n) is 13.2. The van der Waals surface area contributed by atoms with E-state index in [4.69, 9.17) is 20.5 Å². The van der Waals surface area contributed by atoms with Crippen molar-refractivity contribution in [1.29, 1.82) is 5.26 Å². The highest BCUT2D eigenvalue weighted by Gasteiger charge is 2.17. The maximum Gasteiger partial charge on any atom is 0.262 e. The first-order chi connectivity index (χ1) is 11.6. The topological polar surface area (TPSA) is 114 Å². The van der Waals surface area contributed by atoms with E-state index in [9.17, 15) is 9.59 Å². The highest BCUT2D eigenvalue weighted by Crippen LogP contribution is 2.15. The van der Waals surface area contributed by atoms with Crippen LogP contribution in [0.1, 0.15) is 18.4 Å². The summed E-state index contributed by atoms with van der Waals surface area (Å²) in [5, 5.41) is 11.9. The molecule has 7 heteroatoms. The van der Waals surface area contributed by atoms with E-state index in [2.05, 4.69) is 5.32 Å². The van der Waals surface area contributed by atoms with Crippen molar-refractivity contribution in [3.8, 4) is 11.8 Å². The fraction of sp³-hybridized carbons (Fsp3) is 0.353. The Morgan fingerprint density at radius 1 is 1.42 bits per heavy atom. The third-order valence-corrected chi connectivity index (χ3v) is 3.45. The van der Waals surface area contributed by atoms with E-state index in [1.165, 1.54) is 6.08 Å². The lowest BCUT2D eigenvalue weighted by atomic mass is 10.1. The normalized spacial score (nSPS) is 17.1. The van der Waals surface area contributed by atoms with Gasteiger partial charge in [0.15, 0.2) is 6.61 Å². The van der Waals surface area contributed by atoms with E-state index in [0.717, 1.165) is 12.8 Å². The van der Waals surface area contributed by atoms with Crippen molar-refractivity contribution >= 4 is 17.9 Å². The molecule has 126 valence electrons. The van der Waals surface area contributed by atoms with Crippen LogP contribution >= 0.6 is 0 Å². The minimum atomic E-state index is -0.561. The van der Waals surface area contributed by atoms with E-state index >= 15 is 0 Å². The number of nitrogens with one attached hydrogen (secondary N) is 1. The number of primary amides is 1. The Balaban J connectivity index is 1.94. The van der Waals surface area contributed by atoms with Gasteiger partial charge in [0.25, 0.3) is 11.8 Å². The highest BCUT2D eigenvalue weighted by molar-refractivity contribution is 6.01. The van der Waals surface area contributed by atoms with Crippen molar-refractivity contribution in [2.24, 2.45) is 5.73 Å². The van der Waals surface area contributed by atoms with E-state index in [1.807, 2.05) is 6.07 Å². The zero-order valence-corrected chi connectivity index (χ0v) is 13.2. The van der Waals surface area contributed by atoms with Gasteiger partial charge in [0.05, 0.1) is 6.10 Å². The Morgan fingerprint density at radius 2 is 2.17 bits per heavy atom. The van der Waals surface area contributed by atoms with E-state index in [0.29, 0.717) is 24.5 Å². The van der Waals surface area contributed by atoms with Crippen molar-refractivity contribution in [3.05, 3.63) is 35.4 Å². The molecule has 2 rings (SSSR count). The molecule has 0 spiro atoms. The molecule has 0 aliphatic carbocycles. The van der Waals surface area contributed by atoms with E-state index < -0.39 is 11.8 Å². The number of benzene rings is 1. The summed E-state index contributed by atoms with van der Waals surface area (Å²) in [7, 11) is 0. The van der Waals surface area contributed by atoms with Gasteiger partial charge in [-0.15, -0.1) is 0 Å². The number of nitrogens with two attached hydrogens (primary N) is 1. The Hall–Kier alpha value is -2.85. The number of nitrogens with zero attached hydrogens (tertiary/aromatic N) is 1. The van der Waals surface area contributed by atoms with E-state index in [-0.39, 0.29) is 18.3 Å². The quantitative estimate of drug-likeness (QED) is 0.566. The standard InChI is InChI=1S/C17H19N3O4/c18-9-13(17(22)20-10-15-2-1-7-23-15)8-12-3-5-14(6-4-12)24-11-16(19)21/h3-6,8,15H,1-2,7,10-11H2,(H2,19,21)(H,20,22)/b13-8+/t15-/m1/s1. The van der Waals surface area contributed by atoms with Crippen LogP contribution in [-0.2, 0) is 14.3 Å². The summed E-state index contributed by atoms with van der Waals surface area (Å²) in [6.45, 7) is 0.910. The minimum Gasteiger partial charge on any atom is -0.484 e. The number of amides is 2. The lowest BCUT2D eigenvalue weighted by Gasteiger charge is -2.10. The molecule has 0 saturated carbocycles. The van der Waals surface area contributed by atoms with Gasteiger partial charge in [0, 0.05) is 13.2 Å². The second-order valence-electron chi connectivity index (χ2n) is 5.34. The largest absolute Gasteiger partial charge is 0.484 e. The monoisotopic (exact) mass is 329 g/mol. The number of hydrogen-bond acceptors (Lipinski definition) is 5. The zero-order chi connectivity index (χ0) is 17.4. The molecule has 3 N–H and O–H groups in total. The van der Waals surface area contributed by atoms with Gasteiger partial charge in [0.2, 0.25) is 0 Å². The fourth-order valence-corrected chi connectivity index (χ4v) is 2.24.